The van der Waals surface area contributed by atoms with Gasteiger partial charge in [0.25, 0.3) is 0 Å². The molecular formula is C16H17N3OS. The van der Waals surface area contributed by atoms with Gasteiger partial charge in [-0.3, -0.25) is 0 Å². The summed E-state index contributed by atoms with van der Waals surface area (Å²) in [5, 5.41) is 0. The van der Waals surface area contributed by atoms with Gasteiger partial charge < -0.3 is 8.98 Å². The van der Waals surface area contributed by atoms with Crippen LogP contribution in [0.3, 0.4) is 0 Å². The Labute approximate surface area is 128 Å². The monoisotopic (exact) mass is 299 g/mol. The number of aryl methyl sites for hydroxylation is 2. The molecular weight excluding hydrogens is 282 g/mol. The van der Waals surface area contributed by atoms with Gasteiger partial charge in [-0.2, -0.15) is 0 Å². The third-order valence-electron chi connectivity index (χ3n) is 3.47. The van der Waals surface area contributed by atoms with E-state index in [-0.39, 0.29) is 0 Å². The lowest BCUT2D eigenvalue weighted by atomic mass is 10.2. The third kappa shape index (κ3) is 2.88. The van der Waals surface area contributed by atoms with E-state index < -0.39 is 0 Å². The van der Waals surface area contributed by atoms with Crippen LogP contribution in [-0.2, 0) is 6.54 Å². The summed E-state index contributed by atoms with van der Waals surface area (Å²) in [6.07, 6.45) is 5.82. The number of oxazole rings is 1. The zero-order valence-electron chi connectivity index (χ0n) is 12.3. The zero-order chi connectivity index (χ0) is 14.8. The van der Waals surface area contributed by atoms with E-state index in [9.17, 15) is 0 Å². The summed E-state index contributed by atoms with van der Waals surface area (Å²) in [6, 6.07) is 8.26. The van der Waals surface area contributed by atoms with E-state index in [2.05, 4.69) is 32.9 Å². The molecule has 0 radical (unpaired) electrons. The van der Waals surface area contributed by atoms with Gasteiger partial charge in [-0.15, -0.1) is 11.8 Å². The van der Waals surface area contributed by atoms with Crippen molar-refractivity contribution < 1.29 is 4.42 Å². The zero-order valence-corrected chi connectivity index (χ0v) is 13.1. The van der Waals surface area contributed by atoms with Gasteiger partial charge in [0.05, 0.1) is 6.54 Å². The van der Waals surface area contributed by atoms with E-state index in [0.29, 0.717) is 12.4 Å². The molecule has 21 heavy (non-hydrogen) atoms. The number of hydrogen-bond donors (Lipinski definition) is 0. The third-order valence-corrected chi connectivity index (χ3v) is 4.22. The van der Waals surface area contributed by atoms with Crippen molar-refractivity contribution in [3.63, 3.8) is 0 Å². The molecule has 5 heteroatoms. The van der Waals surface area contributed by atoms with Crippen molar-refractivity contribution in [3.05, 3.63) is 53.9 Å². The molecule has 3 aromatic rings. The predicted octanol–water partition coefficient (Wildman–Crippen LogP) is 3.93. The van der Waals surface area contributed by atoms with Gasteiger partial charge >= 0.3 is 0 Å². The van der Waals surface area contributed by atoms with Crippen LogP contribution in [0, 0.1) is 13.8 Å². The van der Waals surface area contributed by atoms with Crippen LogP contribution in [0.2, 0.25) is 0 Å². The summed E-state index contributed by atoms with van der Waals surface area (Å²) >= 11 is 1.72. The minimum absolute atomic E-state index is 0.674. The summed E-state index contributed by atoms with van der Waals surface area (Å²) in [6.45, 7) is 4.62. The maximum Gasteiger partial charge on any atom is 0.226 e. The van der Waals surface area contributed by atoms with E-state index in [1.54, 1.807) is 18.0 Å². The largest absolute Gasteiger partial charge is 0.441 e. The maximum atomic E-state index is 5.81. The van der Waals surface area contributed by atoms with Crippen LogP contribution in [0.5, 0.6) is 0 Å². The van der Waals surface area contributed by atoms with Crippen LogP contribution >= 0.6 is 11.8 Å². The summed E-state index contributed by atoms with van der Waals surface area (Å²) < 4.78 is 7.87. The molecule has 3 rings (SSSR count). The minimum Gasteiger partial charge on any atom is -0.441 e. The molecule has 0 amide bonds. The predicted molar refractivity (Wildman–Crippen MR) is 84.5 cm³/mol. The average molecular weight is 299 g/mol. The highest BCUT2D eigenvalue weighted by Gasteiger charge is 2.12. The van der Waals surface area contributed by atoms with Gasteiger partial charge in [-0.05, 0) is 44.4 Å². The molecule has 0 unspecified atom stereocenters. The van der Waals surface area contributed by atoms with E-state index in [0.717, 1.165) is 22.8 Å². The summed E-state index contributed by atoms with van der Waals surface area (Å²) in [5.74, 6) is 2.50. The Balaban J connectivity index is 1.88. The van der Waals surface area contributed by atoms with Crippen LogP contribution in [0.4, 0.5) is 0 Å². The molecule has 0 fully saturated rings. The molecule has 0 atom stereocenters. The Morgan fingerprint density at radius 1 is 1.19 bits per heavy atom. The van der Waals surface area contributed by atoms with Crippen LogP contribution < -0.4 is 0 Å². The Hall–Kier alpha value is -2.01. The molecule has 0 saturated heterocycles. The lowest BCUT2D eigenvalue weighted by molar-refractivity contribution is 0.537. The fourth-order valence-electron chi connectivity index (χ4n) is 2.16. The molecule has 0 N–H and O–H groups in total. The Morgan fingerprint density at radius 3 is 2.57 bits per heavy atom. The van der Waals surface area contributed by atoms with E-state index in [4.69, 9.17) is 4.42 Å². The second-order valence-electron chi connectivity index (χ2n) is 4.85. The molecule has 0 aliphatic heterocycles. The van der Waals surface area contributed by atoms with Crippen molar-refractivity contribution in [2.75, 3.05) is 6.26 Å². The Morgan fingerprint density at radius 2 is 1.95 bits per heavy atom. The van der Waals surface area contributed by atoms with E-state index in [1.165, 1.54) is 4.90 Å². The molecule has 4 nitrogen and oxygen atoms in total. The van der Waals surface area contributed by atoms with Crippen LogP contribution in [0.25, 0.3) is 11.5 Å². The summed E-state index contributed by atoms with van der Waals surface area (Å²) in [4.78, 5) is 10.1. The number of aromatic nitrogens is 3. The molecule has 0 aliphatic rings. The second kappa shape index (κ2) is 5.77. The van der Waals surface area contributed by atoms with Gasteiger partial charge in [0.1, 0.15) is 17.3 Å². The molecule has 0 saturated carbocycles. The highest BCUT2D eigenvalue weighted by atomic mass is 32.2. The molecule has 108 valence electrons. The standard InChI is InChI=1S/C16H17N3OS/c1-11-15(10-19-9-8-17-12(19)2)18-16(20-11)13-4-6-14(21-3)7-5-13/h4-9H,10H2,1-3H3. The van der Waals surface area contributed by atoms with Crippen molar-refractivity contribution in [3.8, 4) is 11.5 Å². The Bertz CT molecular complexity index is 743. The van der Waals surface area contributed by atoms with Gasteiger partial charge in [-0.1, -0.05) is 0 Å². The number of hydrogen-bond acceptors (Lipinski definition) is 4. The quantitative estimate of drug-likeness (QED) is 0.685. The van der Waals surface area contributed by atoms with Crippen molar-refractivity contribution in [2.45, 2.75) is 25.3 Å². The number of imidazole rings is 1. The maximum absolute atomic E-state index is 5.81. The smallest absolute Gasteiger partial charge is 0.226 e. The van der Waals surface area contributed by atoms with Gasteiger partial charge in [0.2, 0.25) is 5.89 Å². The lowest BCUT2D eigenvalue weighted by Gasteiger charge is -2.01. The van der Waals surface area contributed by atoms with Crippen molar-refractivity contribution in [1.29, 1.82) is 0 Å². The SMILES string of the molecule is CSc1ccc(-c2nc(Cn3ccnc3C)c(C)o2)cc1. The average Bonchev–Trinajstić information content (AvgIpc) is 3.07. The van der Waals surface area contributed by atoms with Gasteiger partial charge in [-0.25, -0.2) is 9.97 Å². The first-order valence-corrected chi connectivity index (χ1v) is 7.98. The first-order valence-electron chi connectivity index (χ1n) is 6.76. The number of benzene rings is 1. The fourth-order valence-corrected chi connectivity index (χ4v) is 2.57. The molecule has 2 heterocycles. The summed E-state index contributed by atoms with van der Waals surface area (Å²) in [7, 11) is 0. The Kier molecular flexibility index (Phi) is 3.84. The molecule has 0 bridgehead atoms. The minimum atomic E-state index is 0.674. The fraction of sp³-hybridized carbons (Fsp3) is 0.250. The van der Waals surface area contributed by atoms with E-state index >= 15 is 0 Å². The molecule has 0 aliphatic carbocycles. The van der Waals surface area contributed by atoms with Gasteiger partial charge in [0, 0.05) is 22.9 Å². The topological polar surface area (TPSA) is 43.9 Å². The summed E-state index contributed by atoms with van der Waals surface area (Å²) in [5.41, 5.74) is 1.95. The van der Waals surface area contributed by atoms with Crippen molar-refractivity contribution in [2.24, 2.45) is 0 Å². The normalized spacial score (nSPS) is 11.0. The van der Waals surface area contributed by atoms with E-state index in [1.807, 2.05) is 32.2 Å². The van der Waals surface area contributed by atoms with Crippen LogP contribution in [0.15, 0.2) is 46.0 Å². The first kappa shape index (κ1) is 13.9. The number of nitrogens with zero attached hydrogens (tertiary/aromatic N) is 3. The molecule has 1 aromatic carbocycles. The first-order chi connectivity index (χ1) is 10.2. The second-order valence-corrected chi connectivity index (χ2v) is 5.73. The molecule has 2 aromatic heterocycles. The number of rotatable bonds is 4. The van der Waals surface area contributed by atoms with Crippen LogP contribution in [0.1, 0.15) is 17.3 Å². The highest BCUT2D eigenvalue weighted by Crippen LogP contribution is 2.24. The van der Waals surface area contributed by atoms with Gasteiger partial charge in [0.15, 0.2) is 0 Å². The van der Waals surface area contributed by atoms with Crippen molar-refractivity contribution in [1.82, 2.24) is 14.5 Å². The van der Waals surface area contributed by atoms with Crippen molar-refractivity contribution >= 4 is 11.8 Å². The molecule has 0 spiro atoms. The number of thioether (sulfide) groups is 1. The van der Waals surface area contributed by atoms with Crippen LogP contribution in [-0.4, -0.2) is 20.8 Å². The highest BCUT2D eigenvalue weighted by molar-refractivity contribution is 7.98. The lowest BCUT2D eigenvalue weighted by Crippen LogP contribution is -2.02.